The quantitative estimate of drug-likeness (QED) is 0.431. The van der Waals surface area contributed by atoms with Crippen LogP contribution in [0.1, 0.15) is 22.8 Å². The van der Waals surface area contributed by atoms with Crippen LogP contribution in [0, 0.1) is 17.0 Å². The molecule has 0 aliphatic rings. The lowest BCUT2D eigenvalue weighted by Gasteiger charge is -2.04. The predicted octanol–water partition coefficient (Wildman–Crippen LogP) is 2.76. The molecule has 0 atom stereocenters. The molecule has 0 aliphatic heterocycles. The van der Waals surface area contributed by atoms with Crippen LogP contribution in [0.5, 0.6) is 0 Å². The monoisotopic (exact) mass is 213 g/mol. The molecule has 0 bridgehead atoms. The molecule has 0 heterocycles. The molecule has 0 radical (unpaired) electrons. The van der Waals surface area contributed by atoms with E-state index in [-0.39, 0.29) is 22.1 Å². The molecule has 0 unspecified atom stereocenters. The molecule has 0 fully saturated rings. The zero-order valence-corrected chi connectivity index (χ0v) is 8.46. The average molecular weight is 214 g/mol. The Hall–Kier alpha value is -1.42. The van der Waals surface area contributed by atoms with Gasteiger partial charge in [0.05, 0.1) is 9.95 Å². The smallest absolute Gasteiger partial charge is 0.273 e. The first-order valence-electron chi connectivity index (χ1n) is 3.89. The van der Waals surface area contributed by atoms with Crippen LogP contribution >= 0.6 is 11.6 Å². The van der Waals surface area contributed by atoms with Crippen LogP contribution in [-0.2, 0) is 0 Å². The summed E-state index contributed by atoms with van der Waals surface area (Å²) in [7, 11) is 0. The van der Waals surface area contributed by atoms with Gasteiger partial charge >= 0.3 is 0 Å². The molecule has 0 saturated carbocycles. The van der Waals surface area contributed by atoms with Crippen molar-refractivity contribution < 1.29 is 9.72 Å². The van der Waals surface area contributed by atoms with Gasteiger partial charge in [-0.05, 0) is 19.9 Å². The third-order valence-corrected chi connectivity index (χ3v) is 2.25. The highest BCUT2D eigenvalue weighted by atomic mass is 35.5. The summed E-state index contributed by atoms with van der Waals surface area (Å²) in [5.74, 6) is -0.267. The standard InChI is InChI=1S/C9H8ClNO3/c1-5-8(11(13)14)4-3-7(10)9(5)6(2)12/h3-4H,1-2H3. The minimum Gasteiger partial charge on any atom is -0.294 e. The number of rotatable bonds is 2. The molecule has 1 aromatic rings. The van der Waals surface area contributed by atoms with Gasteiger partial charge in [-0.3, -0.25) is 14.9 Å². The SMILES string of the molecule is CC(=O)c1c(Cl)ccc([N+](=O)[O-])c1C. The summed E-state index contributed by atoms with van der Waals surface area (Å²) >= 11 is 5.76. The fourth-order valence-corrected chi connectivity index (χ4v) is 1.64. The zero-order valence-electron chi connectivity index (χ0n) is 7.70. The Morgan fingerprint density at radius 1 is 1.50 bits per heavy atom. The van der Waals surface area contributed by atoms with Crippen molar-refractivity contribution in [1.82, 2.24) is 0 Å². The maximum atomic E-state index is 11.2. The first-order chi connectivity index (χ1) is 6.45. The summed E-state index contributed by atoms with van der Waals surface area (Å²) in [5, 5.41) is 10.8. The van der Waals surface area contributed by atoms with Crippen molar-refractivity contribution in [2.75, 3.05) is 0 Å². The van der Waals surface area contributed by atoms with E-state index >= 15 is 0 Å². The molecule has 1 aromatic carbocycles. The summed E-state index contributed by atoms with van der Waals surface area (Å²) < 4.78 is 0. The van der Waals surface area contributed by atoms with E-state index in [2.05, 4.69) is 0 Å². The van der Waals surface area contributed by atoms with Crippen molar-refractivity contribution in [3.8, 4) is 0 Å². The largest absolute Gasteiger partial charge is 0.294 e. The first kappa shape index (κ1) is 10.7. The molecule has 5 heteroatoms. The van der Waals surface area contributed by atoms with Crippen LogP contribution in [0.4, 0.5) is 5.69 Å². The molecular formula is C9H8ClNO3. The second kappa shape index (κ2) is 3.75. The van der Waals surface area contributed by atoms with Gasteiger partial charge in [0.1, 0.15) is 0 Å². The summed E-state index contributed by atoms with van der Waals surface area (Å²) in [6.07, 6.45) is 0. The lowest BCUT2D eigenvalue weighted by Crippen LogP contribution is -2.01. The Bertz CT molecular complexity index is 415. The lowest BCUT2D eigenvalue weighted by atomic mass is 10.0. The third-order valence-electron chi connectivity index (χ3n) is 1.93. The van der Waals surface area contributed by atoms with Crippen molar-refractivity contribution in [2.45, 2.75) is 13.8 Å². The Labute approximate surface area is 85.6 Å². The van der Waals surface area contributed by atoms with Crippen LogP contribution < -0.4 is 0 Å². The second-order valence-electron chi connectivity index (χ2n) is 2.88. The fraction of sp³-hybridized carbons (Fsp3) is 0.222. The van der Waals surface area contributed by atoms with Crippen molar-refractivity contribution in [1.29, 1.82) is 0 Å². The fourth-order valence-electron chi connectivity index (χ4n) is 1.30. The number of nitro groups is 1. The van der Waals surface area contributed by atoms with Crippen LogP contribution in [0.2, 0.25) is 5.02 Å². The lowest BCUT2D eigenvalue weighted by molar-refractivity contribution is -0.385. The molecule has 0 aliphatic carbocycles. The molecule has 1 rings (SSSR count). The number of halogens is 1. The first-order valence-corrected chi connectivity index (χ1v) is 4.27. The number of benzene rings is 1. The number of nitrogens with zero attached hydrogens (tertiary/aromatic N) is 1. The maximum Gasteiger partial charge on any atom is 0.273 e. The van der Waals surface area contributed by atoms with Crippen molar-refractivity contribution in [3.05, 3.63) is 38.4 Å². The van der Waals surface area contributed by atoms with Crippen LogP contribution in [0.15, 0.2) is 12.1 Å². The van der Waals surface area contributed by atoms with E-state index in [1.54, 1.807) is 0 Å². The van der Waals surface area contributed by atoms with E-state index in [4.69, 9.17) is 11.6 Å². The molecule has 0 aromatic heterocycles. The van der Waals surface area contributed by atoms with E-state index in [1.807, 2.05) is 0 Å². The van der Waals surface area contributed by atoms with Crippen molar-refractivity contribution in [2.24, 2.45) is 0 Å². The number of carbonyl (C=O) groups is 1. The normalized spacial score (nSPS) is 9.93. The third kappa shape index (κ3) is 1.75. The molecule has 14 heavy (non-hydrogen) atoms. The summed E-state index contributed by atoms with van der Waals surface area (Å²) in [4.78, 5) is 21.2. The minimum absolute atomic E-state index is 0.0837. The molecule has 0 saturated heterocycles. The summed E-state index contributed by atoms with van der Waals surface area (Å²) in [6, 6.07) is 2.66. The van der Waals surface area contributed by atoms with E-state index < -0.39 is 4.92 Å². The number of hydrogen-bond acceptors (Lipinski definition) is 3. The van der Waals surface area contributed by atoms with E-state index in [1.165, 1.54) is 26.0 Å². The zero-order chi connectivity index (χ0) is 10.9. The van der Waals surface area contributed by atoms with E-state index in [9.17, 15) is 14.9 Å². The number of hydrogen-bond donors (Lipinski definition) is 0. The van der Waals surface area contributed by atoms with Gasteiger partial charge in [-0.15, -0.1) is 0 Å². The highest BCUT2D eigenvalue weighted by molar-refractivity contribution is 6.34. The second-order valence-corrected chi connectivity index (χ2v) is 3.29. The van der Waals surface area contributed by atoms with Gasteiger partial charge in [-0.2, -0.15) is 0 Å². The molecule has 4 nitrogen and oxygen atoms in total. The Morgan fingerprint density at radius 3 is 2.50 bits per heavy atom. The van der Waals surface area contributed by atoms with E-state index in [0.717, 1.165) is 0 Å². The topological polar surface area (TPSA) is 60.2 Å². The minimum atomic E-state index is -0.530. The number of nitro benzene ring substituents is 1. The van der Waals surface area contributed by atoms with Gasteiger partial charge in [0.2, 0.25) is 0 Å². The maximum absolute atomic E-state index is 11.2. The molecule has 0 spiro atoms. The highest BCUT2D eigenvalue weighted by Crippen LogP contribution is 2.27. The number of carbonyl (C=O) groups excluding carboxylic acids is 1. The number of Topliss-reactive ketones (excluding diaryl/α,β-unsaturated/α-hetero) is 1. The van der Waals surface area contributed by atoms with Gasteiger partial charge in [0.25, 0.3) is 5.69 Å². The van der Waals surface area contributed by atoms with Gasteiger partial charge < -0.3 is 0 Å². The molecular weight excluding hydrogens is 206 g/mol. The predicted molar refractivity (Wildman–Crippen MR) is 52.8 cm³/mol. The Balaban J connectivity index is 3.49. The van der Waals surface area contributed by atoms with Crippen LogP contribution in [0.3, 0.4) is 0 Å². The average Bonchev–Trinajstić information content (AvgIpc) is 2.02. The van der Waals surface area contributed by atoms with Crippen molar-refractivity contribution in [3.63, 3.8) is 0 Å². The van der Waals surface area contributed by atoms with Gasteiger partial charge in [0, 0.05) is 17.2 Å². The van der Waals surface area contributed by atoms with Gasteiger partial charge in [-0.1, -0.05) is 11.6 Å². The summed E-state index contributed by atoms with van der Waals surface area (Å²) in [6.45, 7) is 2.85. The molecule has 74 valence electrons. The van der Waals surface area contributed by atoms with Crippen molar-refractivity contribution >= 4 is 23.1 Å². The van der Waals surface area contributed by atoms with Crippen LogP contribution in [-0.4, -0.2) is 10.7 Å². The van der Waals surface area contributed by atoms with Crippen LogP contribution in [0.25, 0.3) is 0 Å². The number of ketones is 1. The Kier molecular flexibility index (Phi) is 2.86. The van der Waals surface area contributed by atoms with E-state index in [0.29, 0.717) is 5.56 Å². The Morgan fingerprint density at radius 2 is 2.07 bits per heavy atom. The van der Waals surface area contributed by atoms with Gasteiger partial charge in [0.15, 0.2) is 5.78 Å². The summed E-state index contributed by atoms with van der Waals surface area (Å²) in [5.41, 5.74) is 0.454. The van der Waals surface area contributed by atoms with Gasteiger partial charge in [-0.25, -0.2) is 0 Å². The molecule has 0 N–H and O–H groups in total. The molecule has 0 amide bonds. The highest BCUT2D eigenvalue weighted by Gasteiger charge is 2.18.